The lowest BCUT2D eigenvalue weighted by atomic mass is 10.1. The smallest absolute Gasteiger partial charge is 0.243 e. The van der Waals surface area contributed by atoms with E-state index in [0.717, 1.165) is 37.5 Å². The molecule has 1 N–H and O–H groups in total. The minimum atomic E-state index is -3.62. The molecule has 214 valence electrons. The predicted octanol–water partition coefficient (Wildman–Crippen LogP) is 6.37. The van der Waals surface area contributed by atoms with Gasteiger partial charge in [0.2, 0.25) is 21.8 Å². The van der Waals surface area contributed by atoms with Crippen molar-refractivity contribution in [3.63, 3.8) is 0 Å². The maximum Gasteiger partial charge on any atom is 0.243 e. The van der Waals surface area contributed by atoms with E-state index in [0.29, 0.717) is 32.7 Å². The van der Waals surface area contributed by atoms with Crippen molar-refractivity contribution < 1.29 is 18.0 Å². The van der Waals surface area contributed by atoms with E-state index in [1.54, 1.807) is 48.2 Å². The molecule has 0 aromatic heterocycles. The standard InChI is InChI=1S/C28H36Cl3N3O4S/c1-4-25(28(36)32-21-9-5-6-10-21)33(18-20-14-15-23(30)24(31)17-20)27(35)13-8-16-34(39(3,37)38)26-12-7-11-22(29)19(26)2/h7,11-12,14-15,17,21,25H,4-6,8-10,13,16,18H2,1-3H3,(H,32,36). The normalized spacial score (nSPS) is 14.7. The van der Waals surface area contributed by atoms with Crippen LogP contribution in [0.1, 0.15) is 63.0 Å². The first kappa shape index (κ1) is 31.5. The topological polar surface area (TPSA) is 86.8 Å². The molecule has 0 aliphatic heterocycles. The van der Waals surface area contributed by atoms with Crippen LogP contribution in [0.4, 0.5) is 5.69 Å². The zero-order valence-corrected chi connectivity index (χ0v) is 25.6. The number of nitrogens with zero attached hydrogens (tertiary/aromatic N) is 2. The SMILES string of the molecule is CCC(C(=O)NC1CCCC1)N(Cc1ccc(Cl)c(Cl)c1)C(=O)CCCN(c1cccc(Cl)c1C)S(C)(=O)=O. The highest BCUT2D eigenvalue weighted by atomic mass is 35.5. The maximum atomic E-state index is 13.6. The Morgan fingerprint density at radius 2 is 1.74 bits per heavy atom. The Morgan fingerprint density at radius 3 is 2.36 bits per heavy atom. The number of sulfonamides is 1. The Morgan fingerprint density at radius 1 is 1.05 bits per heavy atom. The Hall–Kier alpha value is -2.00. The summed E-state index contributed by atoms with van der Waals surface area (Å²) in [6.07, 6.45) is 5.92. The molecule has 0 spiro atoms. The second kappa shape index (κ2) is 14.1. The van der Waals surface area contributed by atoms with Crippen molar-refractivity contribution in [2.75, 3.05) is 17.1 Å². The summed E-state index contributed by atoms with van der Waals surface area (Å²) in [5.41, 5.74) is 1.87. The molecule has 0 bridgehead atoms. The van der Waals surface area contributed by atoms with Crippen LogP contribution in [0.3, 0.4) is 0 Å². The van der Waals surface area contributed by atoms with Gasteiger partial charge in [0.1, 0.15) is 6.04 Å². The molecule has 0 radical (unpaired) electrons. The summed E-state index contributed by atoms with van der Waals surface area (Å²) in [5, 5.41) is 4.35. The van der Waals surface area contributed by atoms with Gasteiger partial charge in [-0.1, -0.05) is 66.7 Å². The van der Waals surface area contributed by atoms with Gasteiger partial charge in [0.15, 0.2) is 0 Å². The van der Waals surface area contributed by atoms with E-state index in [1.165, 1.54) is 4.31 Å². The van der Waals surface area contributed by atoms with Crippen LogP contribution in [-0.2, 0) is 26.2 Å². The number of hydrogen-bond acceptors (Lipinski definition) is 4. The highest BCUT2D eigenvalue weighted by Gasteiger charge is 2.31. The lowest BCUT2D eigenvalue weighted by Crippen LogP contribution is -2.51. The predicted molar refractivity (Wildman–Crippen MR) is 159 cm³/mol. The third kappa shape index (κ3) is 8.49. The van der Waals surface area contributed by atoms with E-state index in [9.17, 15) is 18.0 Å². The molecule has 1 unspecified atom stereocenters. The van der Waals surface area contributed by atoms with E-state index in [-0.39, 0.29) is 43.8 Å². The van der Waals surface area contributed by atoms with Crippen LogP contribution in [0.15, 0.2) is 36.4 Å². The molecule has 39 heavy (non-hydrogen) atoms. The fourth-order valence-electron chi connectivity index (χ4n) is 4.97. The van der Waals surface area contributed by atoms with Gasteiger partial charge in [0, 0.05) is 30.6 Å². The van der Waals surface area contributed by atoms with Crippen LogP contribution < -0.4 is 9.62 Å². The molecular formula is C28H36Cl3N3O4S. The second-order valence-electron chi connectivity index (χ2n) is 10.0. The van der Waals surface area contributed by atoms with Gasteiger partial charge in [0.25, 0.3) is 0 Å². The molecule has 1 atom stereocenters. The number of nitrogens with one attached hydrogen (secondary N) is 1. The van der Waals surface area contributed by atoms with Crippen LogP contribution >= 0.6 is 34.8 Å². The second-order valence-corrected chi connectivity index (χ2v) is 13.1. The third-order valence-electron chi connectivity index (χ3n) is 7.08. The van der Waals surface area contributed by atoms with Crippen LogP contribution in [0.25, 0.3) is 0 Å². The van der Waals surface area contributed by atoms with E-state index >= 15 is 0 Å². The van der Waals surface area contributed by atoms with Gasteiger partial charge >= 0.3 is 0 Å². The minimum Gasteiger partial charge on any atom is -0.352 e. The zero-order valence-electron chi connectivity index (χ0n) is 22.6. The van der Waals surface area contributed by atoms with Crippen molar-refractivity contribution in [1.82, 2.24) is 10.2 Å². The molecule has 1 aliphatic carbocycles. The number of benzene rings is 2. The fourth-order valence-corrected chi connectivity index (χ4v) is 6.48. The molecule has 11 heteroatoms. The first-order valence-corrected chi connectivity index (χ1v) is 16.2. The quantitative estimate of drug-likeness (QED) is 0.300. The summed E-state index contributed by atoms with van der Waals surface area (Å²) >= 11 is 18.5. The monoisotopic (exact) mass is 615 g/mol. The van der Waals surface area contributed by atoms with Gasteiger partial charge in [0.05, 0.1) is 22.0 Å². The van der Waals surface area contributed by atoms with Gasteiger partial charge in [-0.3, -0.25) is 13.9 Å². The highest BCUT2D eigenvalue weighted by molar-refractivity contribution is 7.92. The van der Waals surface area contributed by atoms with Gasteiger partial charge in [-0.05, 0) is 68.0 Å². The summed E-state index contributed by atoms with van der Waals surface area (Å²) in [6.45, 7) is 3.91. The van der Waals surface area contributed by atoms with Crippen LogP contribution in [0.5, 0.6) is 0 Å². The molecule has 2 aromatic carbocycles. The third-order valence-corrected chi connectivity index (χ3v) is 9.41. The molecular weight excluding hydrogens is 581 g/mol. The Balaban J connectivity index is 1.80. The van der Waals surface area contributed by atoms with Crippen molar-refractivity contribution in [1.29, 1.82) is 0 Å². The van der Waals surface area contributed by atoms with Gasteiger partial charge in [-0.2, -0.15) is 0 Å². The largest absolute Gasteiger partial charge is 0.352 e. The Kier molecular flexibility index (Phi) is 11.4. The van der Waals surface area contributed by atoms with E-state index in [4.69, 9.17) is 34.8 Å². The average molecular weight is 617 g/mol. The summed E-state index contributed by atoms with van der Waals surface area (Å²) in [4.78, 5) is 28.5. The lowest BCUT2D eigenvalue weighted by molar-refractivity contribution is -0.141. The van der Waals surface area contributed by atoms with Crippen molar-refractivity contribution in [3.8, 4) is 0 Å². The molecule has 0 saturated heterocycles. The van der Waals surface area contributed by atoms with E-state index in [2.05, 4.69) is 5.32 Å². The number of hydrogen-bond donors (Lipinski definition) is 1. The molecule has 1 fully saturated rings. The Bertz CT molecular complexity index is 1280. The first-order chi connectivity index (χ1) is 18.4. The van der Waals surface area contributed by atoms with Crippen molar-refractivity contribution in [2.24, 2.45) is 0 Å². The lowest BCUT2D eigenvalue weighted by Gasteiger charge is -2.32. The van der Waals surface area contributed by atoms with Crippen LogP contribution in [0.2, 0.25) is 15.1 Å². The molecule has 2 amide bonds. The molecule has 1 saturated carbocycles. The zero-order chi connectivity index (χ0) is 28.7. The van der Waals surface area contributed by atoms with Gasteiger partial charge in [-0.25, -0.2) is 8.42 Å². The maximum absolute atomic E-state index is 13.6. The van der Waals surface area contributed by atoms with Crippen molar-refractivity contribution >= 4 is 62.3 Å². The fraction of sp³-hybridized carbons (Fsp3) is 0.500. The van der Waals surface area contributed by atoms with Gasteiger partial charge < -0.3 is 10.2 Å². The summed E-state index contributed by atoms with van der Waals surface area (Å²) < 4.78 is 26.5. The Labute approximate surface area is 246 Å². The van der Waals surface area contributed by atoms with Gasteiger partial charge in [-0.15, -0.1) is 0 Å². The molecule has 2 aromatic rings. The number of halogens is 3. The summed E-state index contributed by atoms with van der Waals surface area (Å²) in [7, 11) is -3.62. The molecule has 3 rings (SSSR count). The highest BCUT2D eigenvalue weighted by Crippen LogP contribution is 2.29. The van der Waals surface area contributed by atoms with E-state index < -0.39 is 16.1 Å². The number of carbonyl (C=O) groups excluding carboxylic acids is 2. The average Bonchev–Trinajstić information content (AvgIpc) is 3.38. The van der Waals surface area contributed by atoms with Crippen molar-refractivity contribution in [2.45, 2.75) is 77.4 Å². The molecule has 7 nitrogen and oxygen atoms in total. The number of anilines is 1. The summed E-state index contributed by atoms with van der Waals surface area (Å²) in [5.74, 6) is -0.420. The van der Waals surface area contributed by atoms with Crippen LogP contribution in [-0.4, -0.2) is 50.0 Å². The number of rotatable bonds is 12. The van der Waals surface area contributed by atoms with Crippen molar-refractivity contribution in [3.05, 3.63) is 62.6 Å². The minimum absolute atomic E-state index is 0.0557. The molecule has 0 heterocycles. The van der Waals surface area contributed by atoms with Crippen LogP contribution in [0, 0.1) is 6.92 Å². The number of carbonyl (C=O) groups is 2. The summed E-state index contributed by atoms with van der Waals surface area (Å²) in [6, 6.07) is 9.68. The number of amides is 2. The first-order valence-electron chi connectivity index (χ1n) is 13.2. The van der Waals surface area contributed by atoms with E-state index in [1.807, 2.05) is 6.92 Å². The molecule has 1 aliphatic rings.